The molecule has 0 amide bonds. The lowest BCUT2D eigenvalue weighted by molar-refractivity contribution is 0.225. The number of rotatable bonds is 3. The predicted octanol–water partition coefficient (Wildman–Crippen LogP) is 0.516. The van der Waals surface area contributed by atoms with E-state index in [1.54, 1.807) is 0 Å². The third kappa shape index (κ3) is 2.35. The molecule has 1 aromatic heterocycles. The van der Waals surface area contributed by atoms with E-state index in [1.807, 2.05) is 13.8 Å². The molecule has 0 spiro atoms. The number of nitrogens with two attached hydrogens (primary N) is 1. The summed E-state index contributed by atoms with van der Waals surface area (Å²) in [5, 5.41) is 0. The first-order chi connectivity index (χ1) is 5.72. The van der Waals surface area contributed by atoms with E-state index in [1.165, 1.54) is 12.4 Å². The fourth-order valence-corrected chi connectivity index (χ4v) is 0.686. The highest BCUT2D eigenvalue weighted by molar-refractivity contribution is 5.12. The first kappa shape index (κ1) is 8.73. The van der Waals surface area contributed by atoms with Gasteiger partial charge in [0.25, 0.3) is 5.88 Å². The van der Waals surface area contributed by atoms with Crippen LogP contribution in [0, 0.1) is 0 Å². The van der Waals surface area contributed by atoms with Gasteiger partial charge in [-0.2, -0.15) is 10.9 Å². The molecule has 12 heavy (non-hydrogen) atoms. The topological polar surface area (TPSA) is 70.3 Å². The number of hydrogen-bond donors (Lipinski definition) is 1. The van der Waals surface area contributed by atoms with Crippen molar-refractivity contribution >= 4 is 0 Å². The average Bonchev–Trinajstić information content (AvgIpc) is 2.03. The standard InChI is InChI=1S/C7H11N3O2/c1-5(2)11-6-3-9-4-7(10-6)12-8/h3-5H,8H2,1-2H3. The molecule has 0 saturated heterocycles. The monoisotopic (exact) mass is 169 g/mol. The van der Waals surface area contributed by atoms with E-state index in [-0.39, 0.29) is 12.0 Å². The molecule has 1 aromatic rings. The van der Waals surface area contributed by atoms with Crippen LogP contribution in [-0.2, 0) is 0 Å². The Balaban J connectivity index is 2.72. The first-order valence-corrected chi connectivity index (χ1v) is 3.58. The van der Waals surface area contributed by atoms with Crippen LogP contribution in [0.5, 0.6) is 11.8 Å². The lowest BCUT2D eigenvalue weighted by atomic mass is 10.5. The van der Waals surface area contributed by atoms with Crippen LogP contribution < -0.4 is 15.5 Å². The van der Waals surface area contributed by atoms with Crippen molar-refractivity contribution in [1.29, 1.82) is 0 Å². The lowest BCUT2D eigenvalue weighted by Gasteiger charge is -2.07. The smallest absolute Gasteiger partial charge is 0.259 e. The molecule has 0 aliphatic heterocycles. The molecule has 0 aliphatic rings. The highest BCUT2D eigenvalue weighted by Crippen LogP contribution is 2.10. The SMILES string of the molecule is CC(C)Oc1cncc(ON)n1. The summed E-state index contributed by atoms with van der Waals surface area (Å²) in [6, 6.07) is 0. The summed E-state index contributed by atoms with van der Waals surface area (Å²) in [5.74, 6) is 5.55. The van der Waals surface area contributed by atoms with Gasteiger partial charge in [-0.05, 0) is 13.8 Å². The number of aromatic nitrogens is 2. The largest absolute Gasteiger partial charge is 0.474 e. The van der Waals surface area contributed by atoms with Crippen LogP contribution in [0.25, 0.3) is 0 Å². The average molecular weight is 169 g/mol. The molecule has 0 aliphatic carbocycles. The minimum atomic E-state index is 0.0623. The summed E-state index contributed by atoms with van der Waals surface area (Å²) < 4.78 is 5.25. The molecule has 0 aromatic carbocycles. The molecule has 0 bridgehead atoms. The van der Waals surface area contributed by atoms with Crippen molar-refractivity contribution in [2.45, 2.75) is 20.0 Å². The molecule has 2 N–H and O–H groups in total. The molecule has 5 nitrogen and oxygen atoms in total. The molecule has 0 saturated carbocycles. The van der Waals surface area contributed by atoms with Gasteiger partial charge in [-0.15, -0.1) is 0 Å². The molecular formula is C7H11N3O2. The van der Waals surface area contributed by atoms with Crippen LogP contribution in [0.2, 0.25) is 0 Å². The third-order valence-electron chi connectivity index (χ3n) is 1.07. The Kier molecular flexibility index (Phi) is 2.82. The zero-order valence-electron chi connectivity index (χ0n) is 7.02. The summed E-state index contributed by atoms with van der Waals surface area (Å²) in [6.07, 6.45) is 2.97. The van der Waals surface area contributed by atoms with Gasteiger partial charge in [0.05, 0.1) is 18.5 Å². The number of hydrogen-bond acceptors (Lipinski definition) is 5. The Morgan fingerprint density at radius 3 is 2.58 bits per heavy atom. The van der Waals surface area contributed by atoms with Gasteiger partial charge in [-0.3, -0.25) is 4.98 Å². The maximum absolute atomic E-state index is 5.25. The molecule has 1 heterocycles. The van der Waals surface area contributed by atoms with Gasteiger partial charge in [-0.1, -0.05) is 0 Å². The molecule has 0 atom stereocenters. The van der Waals surface area contributed by atoms with Crippen LogP contribution in [0.3, 0.4) is 0 Å². The number of ether oxygens (including phenoxy) is 1. The zero-order chi connectivity index (χ0) is 8.97. The van der Waals surface area contributed by atoms with Crippen LogP contribution in [0.15, 0.2) is 12.4 Å². The maximum atomic E-state index is 5.25. The Morgan fingerprint density at radius 1 is 1.33 bits per heavy atom. The summed E-state index contributed by atoms with van der Waals surface area (Å²) in [5.41, 5.74) is 0. The van der Waals surface area contributed by atoms with E-state index in [4.69, 9.17) is 10.6 Å². The molecule has 0 radical (unpaired) electrons. The van der Waals surface area contributed by atoms with Gasteiger partial charge >= 0.3 is 0 Å². The Hall–Kier alpha value is -1.36. The zero-order valence-corrected chi connectivity index (χ0v) is 7.02. The van der Waals surface area contributed by atoms with Crippen molar-refractivity contribution < 1.29 is 9.57 Å². The minimum Gasteiger partial charge on any atom is -0.474 e. The summed E-state index contributed by atoms with van der Waals surface area (Å²) in [4.78, 5) is 12.1. The van der Waals surface area contributed by atoms with Crippen molar-refractivity contribution in [3.63, 3.8) is 0 Å². The fourth-order valence-electron chi connectivity index (χ4n) is 0.686. The van der Waals surface area contributed by atoms with E-state index in [2.05, 4.69) is 14.8 Å². The Bertz CT molecular complexity index is 252. The highest BCUT2D eigenvalue weighted by Gasteiger charge is 2.01. The first-order valence-electron chi connectivity index (χ1n) is 3.58. The van der Waals surface area contributed by atoms with Crippen LogP contribution >= 0.6 is 0 Å². The van der Waals surface area contributed by atoms with Crippen molar-refractivity contribution in [2.75, 3.05) is 0 Å². The van der Waals surface area contributed by atoms with Gasteiger partial charge in [-0.25, -0.2) is 0 Å². The maximum Gasteiger partial charge on any atom is 0.259 e. The Morgan fingerprint density at radius 2 is 2.00 bits per heavy atom. The molecule has 0 fully saturated rings. The molecule has 5 heteroatoms. The third-order valence-corrected chi connectivity index (χ3v) is 1.07. The van der Waals surface area contributed by atoms with Crippen molar-refractivity contribution in [3.05, 3.63) is 12.4 Å². The lowest BCUT2D eigenvalue weighted by Crippen LogP contribution is -2.09. The van der Waals surface area contributed by atoms with Crippen molar-refractivity contribution in [3.8, 4) is 11.8 Å². The van der Waals surface area contributed by atoms with Gasteiger partial charge in [0, 0.05) is 0 Å². The molecular weight excluding hydrogens is 158 g/mol. The van der Waals surface area contributed by atoms with Crippen LogP contribution in [-0.4, -0.2) is 16.1 Å². The highest BCUT2D eigenvalue weighted by atomic mass is 16.6. The number of nitrogens with zero attached hydrogens (tertiary/aromatic N) is 2. The van der Waals surface area contributed by atoms with Crippen molar-refractivity contribution in [1.82, 2.24) is 9.97 Å². The predicted molar refractivity (Wildman–Crippen MR) is 42.6 cm³/mol. The van der Waals surface area contributed by atoms with Crippen molar-refractivity contribution in [2.24, 2.45) is 5.90 Å². The van der Waals surface area contributed by atoms with Gasteiger partial charge in [0.1, 0.15) is 0 Å². The van der Waals surface area contributed by atoms with Crippen LogP contribution in [0.1, 0.15) is 13.8 Å². The second-order valence-corrected chi connectivity index (χ2v) is 2.48. The van der Waals surface area contributed by atoms with E-state index < -0.39 is 0 Å². The quantitative estimate of drug-likeness (QED) is 0.668. The van der Waals surface area contributed by atoms with E-state index in [0.29, 0.717) is 5.88 Å². The Labute approximate surface area is 70.5 Å². The van der Waals surface area contributed by atoms with E-state index in [0.717, 1.165) is 0 Å². The van der Waals surface area contributed by atoms with E-state index >= 15 is 0 Å². The molecule has 0 unspecified atom stereocenters. The van der Waals surface area contributed by atoms with E-state index in [9.17, 15) is 0 Å². The second kappa shape index (κ2) is 3.87. The fraction of sp³-hybridized carbons (Fsp3) is 0.429. The van der Waals surface area contributed by atoms with Gasteiger partial charge in [0.15, 0.2) is 0 Å². The van der Waals surface area contributed by atoms with Crippen LogP contribution in [0.4, 0.5) is 0 Å². The summed E-state index contributed by atoms with van der Waals surface area (Å²) >= 11 is 0. The minimum absolute atomic E-state index is 0.0623. The second-order valence-electron chi connectivity index (χ2n) is 2.48. The van der Waals surface area contributed by atoms with Gasteiger partial charge in [0.2, 0.25) is 5.88 Å². The summed E-state index contributed by atoms with van der Waals surface area (Å²) in [6.45, 7) is 3.80. The normalized spacial score (nSPS) is 10.0. The molecule has 1 rings (SSSR count). The summed E-state index contributed by atoms with van der Waals surface area (Å²) in [7, 11) is 0. The van der Waals surface area contributed by atoms with Gasteiger partial charge < -0.3 is 9.57 Å². The molecule has 66 valence electrons.